The fourth-order valence-corrected chi connectivity index (χ4v) is 1.39. The van der Waals surface area contributed by atoms with E-state index < -0.39 is 63.7 Å². The van der Waals surface area contributed by atoms with Crippen LogP contribution >= 0.6 is 0 Å². The molecule has 0 saturated carbocycles. The summed E-state index contributed by atoms with van der Waals surface area (Å²) in [5.41, 5.74) is 7.89. The first-order chi connectivity index (χ1) is 13.5. The van der Waals surface area contributed by atoms with Crippen LogP contribution in [-0.2, 0) is 23.7 Å². The second kappa shape index (κ2) is 11.1. The van der Waals surface area contributed by atoms with Crippen LogP contribution in [0.15, 0.2) is 5.11 Å². The van der Waals surface area contributed by atoms with E-state index in [9.17, 15) is 43.9 Å². The quantitative estimate of drug-likeness (QED) is 0.0812. The van der Waals surface area contributed by atoms with Crippen molar-refractivity contribution >= 4 is 0 Å². The number of hydrogen-bond donors (Lipinski definition) is 0. The molecule has 8 nitrogen and oxygen atoms in total. The predicted octanol–water partition coefficient (Wildman–Crippen LogP) is 4.71. The average Bonchev–Trinajstić information content (AvgIpc) is 2.51. The van der Waals surface area contributed by atoms with Gasteiger partial charge >= 0.3 is 30.7 Å². The maximum absolute atomic E-state index is 13.2. The smallest absolute Gasteiger partial charge is 0.372 e. The fraction of sp³-hybridized carbons (Fsp3) is 1.00. The maximum Gasteiger partial charge on any atom is 0.495 e. The predicted molar refractivity (Wildman–Crippen MR) is 73.9 cm³/mol. The Kier molecular flexibility index (Phi) is 10.6. The van der Waals surface area contributed by atoms with E-state index in [2.05, 4.69) is 33.7 Å². The minimum Gasteiger partial charge on any atom is -0.372 e. The number of hydrogen-bond acceptors (Lipinski definition) is 6. The molecule has 0 rings (SSSR count). The Morgan fingerprint density at radius 1 is 0.733 bits per heavy atom. The van der Waals surface area contributed by atoms with Crippen molar-refractivity contribution in [3.63, 3.8) is 0 Å². The highest BCUT2D eigenvalue weighted by Gasteiger charge is 2.68. The molecule has 0 aromatic rings. The summed E-state index contributed by atoms with van der Waals surface area (Å²) in [5, 5.41) is 2.82. The highest BCUT2D eigenvalue weighted by Crippen LogP contribution is 2.44. The van der Waals surface area contributed by atoms with Gasteiger partial charge in [0.05, 0.1) is 6.61 Å². The maximum atomic E-state index is 13.2. The second-order valence-corrected chi connectivity index (χ2v) is 5.14. The lowest BCUT2D eigenvalue weighted by Gasteiger charge is -2.31. The summed E-state index contributed by atoms with van der Waals surface area (Å²) in [6.07, 6.45) is -29.1. The van der Waals surface area contributed by atoms with Crippen molar-refractivity contribution in [2.75, 3.05) is 33.0 Å². The minimum absolute atomic E-state index is 0.138. The molecule has 0 bridgehead atoms. The summed E-state index contributed by atoms with van der Waals surface area (Å²) in [4.78, 5) is 2.20. The molecule has 0 spiro atoms. The molecular formula is C12H15F10N3O5. The number of rotatable bonds is 16. The summed E-state index contributed by atoms with van der Waals surface area (Å²) in [5.74, 6) is 0. The van der Waals surface area contributed by atoms with E-state index in [0.29, 0.717) is 0 Å². The van der Waals surface area contributed by atoms with Crippen LogP contribution in [0.25, 0.3) is 10.4 Å². The lowest BCUT2D eigenvalue weighted by Crippen LogP contribution is -2.54. The lowest BCUT2D eigenvalue weighted by atomic mass is 10.5. The summed E-state index contributed by atoms with van der Waals surface area (Å²) >= 11 is 0. The second-order valence-electron chi connectivity index (χ2n) is 5.14. The van der Waals surface area contributed by atoms with Crippen molar-refractivity contribution in [2.24, 2.45) is 5.11 Å². The molecule has 0 aromatic heterocycles. The zero-order valence-corrected chi connectivity index (χ0v) is 14.9. The first kappa shape index (κ1) is 28.4. The van der Waals surface area contributed by atoms with Gasteiger partial charge in [-0.15, -0.1) is 8.78 Å². The summed E-state index contributed by atoms with van der Waals surface area (Å²) in [6.45, 7) is -4.17. The zero-order chi connectivity index (χ0) is 23.7. The number of azide groups is 1. The number of ether oxygens (including phenoxy) is 5. The van der Waals surface area contributed by atoms with Crippen molar-refractivity contribution in [3.8, 4) is 0 Å². The van der Waals surface area contributed by atoms with Crippen LogP contribution in [0.5, 0.6) is 0 Å². The average molecular weight is 471 g/mol. The van der Waals surface area contributed by atoms with Gasteiger partial charge in [0.1, 0.15) is 13.2 Å². The Labute approximate surface area is 161 Å². The molecular weight excluding hydrogens is 456 g/mol. The zero-order valence-electron chi connectivity index (χ0n) is 14.9. The Balaban J connectivity index is 4.99. The van der Waals surface area contributed by atoms with Crippen molar-refractivity contribution in [3.05, 3.63) is 10.4 Å². The van der Waals surface area contributed by atoms with E-state index in [-0.39, 0.29) is 6.42 Å². The van der Waals surface area contributed by atoms with E-state index in [4.69, 9.17) is 5.53 Å². The van der Waals surface area contributed by atoms with Gasteiger partial charge in [0, 0.05) is 18.1 Å². The Morgan fingerprint density at radius 3 is 1.70 bits per heavy atom. The van der Waals surface area contributed by atoms with Crippen molar-refractivity contribution < 1.29 is 67.6 Å². The van der Waals surface area contributed by atoms with Gasteiger partial charge in [-0.1, -0.05) is 12.0 Å². The first-order valence-corrected chi connectivity index (χ1v) is 7.65. The van der Waals surface area contributed by atoms with Gasteiger partial charge in [0.25, 0.3) is 0 Å². The fourth-order valence-electron chi connectivity index (χ4n) is 1.39. The molecule has 0 amide bonds. The molecule has 0 heterocycles. The molecule has 0 saturated heterocycles. The molecule has 0 fully saturated rings. The van der Waals surface area contributed by atoms with Gasteiger partial charge in [-0.3, -0.25) is 0 Å². The largest absolute Gasteiger partial charge is 0.495 e. The van der Waals surface area contributed by atoms with Crippen LogP contribution in [-0.4, -0.2) is 63.7 Å². The highest BCUT2D eigenvalue weighted by atomic mass is 19.3. The molecule has 0 aliphatic rings. The van der Waals surface area contributed by atoms with Crippen molar-refractivity contribution in [2.45, 2.75) is 44.1 Å². The van der Waals surface area contributed by atoms with Crippen molar-refractivity contribution in [1.82, 2.24) is 0 Å². The van der Waals surface area contributed by atoms with Gasteiger partial charge < -0.3 is 9.47 Å². The van der Waals surface area contributed by atoms with E-state index in [1.54, 1.807) is 0 Å². The molecule has 0 aliphatic carbocycles. The van der Waals surface area contributed by atoms with E-state index >= 15 is 0 Å². The molecule has 0 N–H and O–H groups in total. The summed E-state index contributed by atoms with van der Waals surface area (Å²) in [7, 11) is 0. The standard InChI is InChI=1S/C12H15F10N3O5/c1-2-4-26-6-8(13,14)28-10(17,18)11(19,20)30-12(21,22)29-9(15,16)7-27-5-3-24-25-23/h2-7H2,1H3. The van der Waals surface area contributed by atoms with Crippen molar-refractivity contribution in [1.29, 1.82) is 0 Å². The van der Waals surface area contributed by atoms with Gasteiger partial charge in [0.15, 0.2) is 0 Å². The summed E-state index contributed by atoms with van der Waals surface area (Å²) in [6, 6.07) is 0. The number of nitrogens with zero attached hydrogens (tertiary/aromatic N) is 3. The molecule has 0 aliphatic heterocycles. The van der Waals surface area contributed by atoms with Gasteiger partial charge in [-0.25, -0.2) is 14.2 Å². The number of halogens is 10. The minimum atomic E-state index is -6.55. The van der Waals surface area contributed by atoms with Crippen LogP contribution in [0.3, 0.4) is 0 Å². The first-order valence-electron chi connectivity index (χ1n) is 7.65. The molecule has 0 atom stereocenters. The highest BCUT2D eigenvalue weighted by molar-refractivity contribution is 4.71. The molecule has 18 heteroatoms. The van der Waals surface area contributed by atoms with Crippen LogP contribution in [0, 0.1) is 0 Å². The van der Waals surface area contributed by atoms with Crippen LogP contribution in [0.2, 0.25) is 0 Å². The van der Waals surface area contributed by atoms with E-state index in [0.717, 1.165) is 0 Å². The topological polar surface area (TPSA) is 94.9 Å². The van der Waals surface area contributed by atoms with Crippen LogP contribution in [0.4, 0.5) is 43.9 Å². The molecule has 0 unspecified atom stereocenters. The number of alkyl halides is 10. The lowest BCUT2D eigenvalue weighted by molar-refractivity contribution is -0.566. The van der Waals surface area contributed by atoms with E-state index in [1.807, 2.05) is 0 Å². The Morgan fingerprint density at radius 2 is 1.20 bits per heavy atom. The Bertz CT molecular complexity index is 575. The normalized spacial score (nSPS) is 14.0. The van der Waals surface area contributed by atoms with Crippen LogP contribution in [0.1, 0.15) is 13.3 Å². The molecule has 0 aromatic carbocycles. The third-order valence-corrected chi connectivity index (χ3v) is 2.42. The molecule has 178 valence electrons. The Hall–Kier alpha value is -1.59. The monoisotopic (exact) mass is 471 g/mol. The molecule has 30 heavy (non-hydrogen) atoms. The summed E-state index contributed by atoms with van der Waals surface area (Å²) < 4.78 is 147. The van der Waals surface area contributed by atoms with Gasteiger partial charge in [0.2, 0.25) is 0 Å². The third-order valence-electron chi connectivity index (χ3n) is 2.42. The van der Waals surface area contributed by atoms with Crippen LogP contribution < -0.4 is 0 Å². The molecule has 0 radical (unpaired) electrons. The third kappa shape index (κ3) is 11.0. The van der Waals surface area contributed by atoms with Gasteiger partial charge in [-0.05, 0) is 12.0 Å². The van der Waals surface area contributed by atoms with Gasteiger partial charge in [-0.2, -0.15) is 35.1 Å². The SMILES string of the molecule is CCCOCC(F)(F)OC(F)(F)C(F)(F)OC(F)(F)OC(F)(F)COCCN=[N+]=[N-]. The van der Waals surface area contributed by atoms with E-state index in [1.165, 1.54) is 6.92 Å².